The van der Waals surface area contributed by atoms with Gasteiger partial charge in [-0.25, -0.2) is 0 Å². The molecule has 1 saturated carbocycles. The zero-order chi connectivity index (χ0) is 19.1. The number of hydrogen-bond donors (Lipinski definition) is 2. The van der Waals surface area contributed by atoms with Crippen molar-refractivity contribution in [3.8, 4) is 0 Å². The lowest BCUT2D eigenvalue weighted by Crippen LogP contribution is -2.46. The van der Waals surface area contributed by atoms with Crippen molar-refractivity contribution in [2.24, 2.45) is 4.99 Å². The summed E-state index contributed by atoms with van der Waals surface area (Å²) in [6.45, 7) is 9.66. The minimum atomic E-state index is 0.262. The van der Waals surface area contributed by atoms with Crippen LogP contribution in [-0.2, 0) is 0 Å². The van der Waals surface area contributed by atoms with E-state index in [1.165, 1.54) is 32.1 Å². The Balaban J connectivity index is 1.48. The summed E-state index contributed by atoms with van der Waals surface area (Å²) in [6.07, 6.45) is 8.37. The fraction of sp³-hybridized carbons (Fsp3) is 0.762. The number of rotatable bonds is 9. The Morgan fingerprint density at radius 3 is 2.63 bits per heavy atom. The first-order valence-corrected chi connectivity index (χ1v) is 10.7. The number of nitrogens with zero attached hydrogens (tertiary/aromatic N) is 3. The number of aliphatic imine (C=N–C) groups is 1. The van der Waals surface area contributed by atoms with Gasteiger partial charge < -0.3 is 15.1 Å². The predicted octanol–water partition coefficient (Wildman–Crippen LogP) is 2.84. The molecule has 0 aromatic carbocycles. The lowest BCUT2D eigenvalue weighted by Gasteiger charge is -2.33. The highest BCUT2D eigenvalue weighted by atomic mass is 16.3. The molecule has 1 atom stereocenters. The molecule has 2 aliphatic rings. The Kier molecular flexibility index (Phi) is 7.59. The Morgan fingerprint density at radius 1 is 1.26 bits per heavy atom. The molecule has 2 fully saturated rings. The van der Waals surface area contributed by atoms with Crippen LogP contribution < -0.4 is 10.6 Å². The molecule has 1 aromatic rings. The average molecular weight is 376 g/mol. The summed E-state index contributed by atoms with van der Waals surface area (Å²) in [5.41, 5.74) is 0. The summed E-state index contributed by atoms with van der Waals surface area (Å²) in [5.74, 6) is 1.92. The van der Waals surface area contributed by atoms with Crippen LogP contribution in [0.3, 0.4) is 0 Å². The van der Waals surface area contributed by atoms with Gasteiger partial charge in [0.15, 0.2) is 5.96 Å². The smallest absolute Gasteiger partial charge is 0.191 e. The minimum Gasteiger partial charge on any atom is -0.468 e. The van der Waals surface area contributed by atoms with Gasteiger partial charge in [-0.05, 0) is 64.8 Å². The van der Waals surface area contributed by atoms with Crippen molar-refractivity contribution in [1.82, 2.24) is 20.4 Å². The van der Waals surface area contributed by atoms with Crippen LogP contribution in [0, 0.1) is 0 Å². The van der Waals surface area contributed by atoms with Crippen LogP contribution in [0.15, 0.2) is 27.8 Å². The van der Waals surface area contributed by atoms with E-state index in [4.69, 9.17) is 4.42 Å². The molecular formula is C21H37N5O. The first kappa shape index (κ1) is 20.2. The van der Waals surface area contributed by atoms with Crippen LogP contribution in [0.25, 0.3) is 0 Å². The Bertz CT molecular complexity index is 559. The lowest BCUT2D eigenvalue weighted by atomic mass is 10.1. The van der Waals surface area contributed by atoms with Crippen LogP contribution >= 0.6 is 0 Å². The summed E-state index contributed by atoms with van der Waals surface area (Å²) in [4.78, 5) is 9.55. The Morgan fingerprint density at radius 2 is 2.04 bits per heavy atom. The summed E-state index contributed by atoms with van der Waals surface area (Å²) in [5, 5.41) is 7.01. The Labute approximate surface area is 164 Å². The van der Waals surface area contributed by atoms with Gasteiger partial charge in [0.1, 0.15) is 5.76 Å². The van der Waals surface area contributed by atoms with Crippen molar-refractivity contribution in [2.45, 2.75) is 64.1 Å². The fourth-order valence-electron chi connectivity index (χ4n) is 4.11. The van der Waals surface area contributed by atoms with Crippen LogP contribution in [0.5, 0.6) is 0 Å². The number of nitrogens with one attached hydrogen (secondary N) is 2. The third kappa shape index (κ3) is 5.98. The standard InChI is InChI=1S/C21H37N5O/c1-17(2)26(18-9-10-18)14-11-23-21(22-3)24-16-19(20-8-7-15-27-20)25-12-5-4-6-13-25/h7-8,15,17-19H,4-6,9-14,16H2,1-3H3,(H2,22,23,24). The molecule has 6 heteroatoms. The number of furan rings is 1. The largest absolute Gasteiger partial charge is 0.468 e. The second kappa shape index (κ2) is 10.1. The topological polar surface area (TPSA) is 56.0 Å². The van der Waals surface area contributed by atoms with Gasteiger partial charge in [-0.3, -0.25) is 14.8 Å². The molecule has 27 heavy (non-hydrogen) atoms. The number of guanidine groups is 1. The second-order valence-electron chi connectivity index (χ2n) is 8.07. The van der Waals surface area contributed by atoms with Gasteiger partial charge >= 0.3 is 0 Å². The van der Waals surface area contributed by atoms with E-state index in [0.29, 0.717) is 6.04 Å². The normalized spacial score (nSPS) is 20.3. The summed E-state index contributed by atoms with van der Waals surface area (Å²) in [6, 6.07) is 5.74. The fourth-order valence-corrected chi connectivity index (χ4v) is 4.11. The molecule has 1 unspecified atom stereocenters. The third-order valence-electron chi connectivity index (χ3n) is 5.73. The summed E-state index contributed by atoms with van der Waals surface area (Å²) < 4.78 is 5.74. The first-order chi connectivity index (χ1) is 13.2. The molecule has 3 rings (SSSR count). The zero-order valence-electron chi connectivity index (χ0n) is 17.3. The molecule has 1 aliphatic carbocycles. The third-order valence-corrected chi connectivity index (χ3v) is 5.73. The molecule has 0 amide bonds. The molecule has 1 aromatic heterocycles. The van der Waals surface area contributed by atoms with Crippen molar-refractivity contribution in [3.63, 3.8) is 0 Å². The quantitative estimate of drug-likeness (QED) is 0.513. The Hall–Kier alpha value is -1.53. The molecule has 2 heterocycles. The highest BCUT2D eigenvalue weighted by Crippen LogP contribution is 2.28. The second-order valence-corrected chi connectivity index (χ2v) is 8.07. The minimum absolute atomic E-state index is 0.262. The molecule has 152 valence electrons. The van der Waals surface area contributed by atoms with E-state index in [1.54, 1.807) is 6.26 Å². The number of likely N-dealkylation sites (tertiary alicyclic amines) is 1. The van der Waals surface area contributed by atoms with E-state index in [1.807, 2.05) is 13.1 Å². The van der Waals surface area contributed by atoms with Crippen molar-refractivity contribution < 1.29 is 4.42 Å². The van der Waals surface area contributed by atoms with Crippen molar-refractivity contribution >= 4 is 5.96 Å². The molecule has 2 N–H and O–H groups in total. The van der Waals surface area contributed by atoms with Gasteiger partial charge in [-0.15, -0.1) is 0 Å². The summed E-state index contributed by atoms with van der Waals surface area (Å²) >= 11 is 0. The van der Waals surface area contributed by atoms with Gasteiger partial charge in [-0.1, -0.05) is 6.42 Å². The van der Waals surface area contributed by atoms with Crippen molar-refractivity contribution in [3.05, 3.63) is 24.2 Å². The van der Waals surface area contributed by atoms with E-state index in [-0.39, 0.29) is 6.04 Å². The molecule has 1 saturated heterocycles. The van der Waals surface area contributed by atoms with E-state index >= 15 is 0 Å². The van der Waals surface area contributed by atoms with Crippen LogP contribution in [0.2, 0.25) is 0 Å². The maximum absolute atomic E-state index is 5.74. The van der Waals surface area contributed by atoms with Crippen LogP contribution in [0.1, 0.15) is 57.8 Å². The lowest BCUT2D eigenvalue weighted by molar-refractivity contribution is 0.146. The SMILES string of the molecule is CN=C(NCCN(C(C)C)C1CC1)NCC(c1ccco1)N1CCCCC1. The van der Waals surface area contributed by atoms with Crippen molar-refractivity contribution in [2.75, 3.05) is 39.8 Å². The van der Waals surface area contributed by atoms with Crippen LogP contribution in [-0.4, -0.2) is 67.6 Å². The van der Waals surface area contributed by atoms with E-state index < -0.39 is 0 Å². The van der Waals surface area contributed by atoms with Crippen molar-refractivity contribution in [1.29, 1.82) is 0 Å². The molecule has 0 radical (unpaired) electrons. The molecule has 6 nitrogen and oxygen atoms in total. The number of piperidine rings is 1. The monoisotopic (exact) mass is 375 g/mol. The predicted molar refractivity (Wildman–Crippen MR) is 111 cm³/mol. The van der Waals surface area contributed by atoms with Gasteiger partial charge in [0.05, 0.1) is 12.3 Å². The molecule has 0 spiro atoms. The van der Waals surface area contributed by atoms with E-state index in [9.17, 15) is 0 Å². The molecule has 0 bridgehead atoms. The van der Waals surface area contributed by atoms with E-state index in [2.05, 4.69) is 45.3 Å². The highest BCUT2D eigenvalue weighted by Gasteiger charge is 2.30. The maximum atomic E-state index is 5.74. The average Bonchev–Trinajstić information content (AvgIpc) is 3.37. The summed E-state index contributed by atoms with van der Waals surface area (Å²) in [7, 11) is 1.85. The van der Waals surface area contributed by atoms with E-state index in [0.717, 1.165) is 50.5 Å². The highest BCUT2D eigenvalue weighted by molar-refractivity contribution is 5.79. The first-order valence-electron chi connectivity index (χ1n) is 10.7. The van der Waals surface area contributed by atoms with Crippen LogP contribution in [0.4, 0.5) is 0 Å². The molecular weight excluding hydrogens is 338 g/mol. The van der Waals surface area contributed by atoms with Gasteiger partial charge in [0.25, 0.3) is 0 Å². The van der Waals surface area contributed by atoms with Gasteiger partial charge in [-0.2, -0.15) is 0 Å². The van der Waals surface area contributed by atoms with Gasteiger partial charge in [0, 0.05) is 38.8 Å². The molecule has 1 aliphatic heterocycles. The zero-order valence-corrected chi connectivity index (χ0v) is 17.3. The maximum Gasteiger partial charge on any atom is 0.191 e. The number of hydrogen-bond acceptors (Lipinski definition) is 4. The van der Waals surface area contributed by atoms with Gasteiger partial charge in [0.2, 0.25) is 0 Å².